The number of rotatable bonds is 10. The first-order valence-electron chi connectivity index (χ1n) is 11.0. The van der Waals surface area contributed by atoms with Crippen molar-refractivity contribution in [2.24, 2.45) is 5.10 Å². The Kier molecular flexibility index (Phi) is 9.36. The largest absolute Gasteiger partial charge is 0.483 e. The lowest BCUT2D eigenvalue weighted by molar-refractivity contribution is -0.139. The smallest absolute Gasteiger partial charge is 0.338 e. The van der Waals surface area contributed by atoms with E-state index in [2.05, 4.69) is 21.2 Å². The molecule has 0 aromatic heterocycles. The molecular formula is C25H25N5O5S. The summed E-state index contributed by atoms with van der Waals surface area (Å²) in [6.07, 6.45) is 1.47. The molecule has 1 amide bonds. The standard InChI is InChI=1S/C25H25N5O5S/c1-3-33-24(32)22-16(2)28-25(36)29-23(22)19-6-4-5-7-20(19)35-15-21(31)30-27-14-17-8-10-18(11-9-17)34-13-12-26/h4-11,14,23H,3,13,15H2,1-2H3,(H,30,31)(H2,28,29,36)/t23-/m0/s1. The number of nitrogens with one attached hydrogen (secondary N) is 3. The number of benzene rings is 2. The van der Waals surface area contributed by atoms with Crippen LogP contribution in [0.5, 0.6) is 11.5 Å². The fourth-order valence-electron chi connectivity index (χ4n) is 3.38. The Morgan fingerprint density at radius 2 is 1.94 bits per heavy atom. The average Bonchev–Trinajstić information content (AvgIpc) is 2.87. The predicted molar refractivity (Wildman–Crippen MR) is 136 cm³/mol. The van der Waals surface area contributed by atoms with E-state index in [-0.39, 0.29) is 19.8 Å². The first-order valence-corrected chi connectivity index (χ1v) is 11.4. The molecule has 0 fully saturated rings. The maximum atomic E-state index is 12.6. The van der Waals surface area contributed by atoms with E-state index in [1.807, 2.05) is 6.07 Å². The van der Waals surface area contributed by atoms with Gasteiger partial charge in [0.15, 0.2) is 18.3 Å². The van der Waals surface area contributed by atoms with Gasteiger partial charge in [0.05, 0.1) is 24.4 Å². The van der Waals surface area contributed by atoms with Gasteiger partial charge in [0.1, 0.15) is 17.6 Å². The van der Waals surface area contributed by atoms with Gasteiger partial charge in [-0.3, -0.25) is 4.79 Å². The van der Waals surface area contributed by atoms with Gasteiger partial charge in [-0.1, -0.05) is 18.2 Å². The minimum absolute atomic E-state index is 0.0347. The Morgan fingerprint density at radius 3 is 2.67 bits per heavy atom. The normalized spacial score (nSPS) is 14.9. The van der Waals surface area contributed by atoms with Crippen molar-refractivity contribution >= 4 is 35.4 Å². The number of amides is 1. The van der Waals surface area contributed by atoms with Gasteiger partial charge in [0.25, 0.3) is 5.91 Å². The highest BCUT2D eigenvalue weighted by Gasteiger charge is 2.32. The van der Waals surface area contributed by atoms with Gasteiger partial charge in [0.2, 0.25) is 0 Å². The summed E-state index contributed by atoms with van der Waals surface area (Å²) in [5, 5.41) is 18.9. The number of ether oxygens (including phenoxy) is 3. The zero-order valence-electron chi connectivity index (χ0n) is 19.7. The molecule has 2 aromatic carbocycles. The molecule has 0 radical (unpaired) electrons. The number of carbonyl (C=O) groups excluding carboxylic acids is 2. The molecule has 0 spiro atoms. The molecule has 0 aliphatic carbocycles. The summed E-state index contributed by atoms with van der Waals surface area (Å²) < 4.78 is 16.2. The molecule has 1 heterocycles. The molecule has 1 atom stereocenters. The van der Waals surface area contributed by atoms with Crippen molar-refractivity contribution in [2.75, 3.05) is 19.8 Å². The summed E-state index contributed by atoms with van der Waals surface area (Å²) in [6, 6.07) is 15.2. The van der Waals surface area contributed by atoms with Gasteiger partial charge in [-0.15, -0.1) is 0 Å². The van der Waals surface area contributed by atoms with Crippen LogP contribution in [-0.4, -0.2) is 43.0 Å². The van der Waals surface area contributed by atoms with Crippen LogP contribution in [0.4, 0.5) is 0 Å². The van der Waals surface area contributed by atoms with Gasteiger partial charge in [-0.25, -0.2) is 10.2 Å². The topological polar surface area (TPSA) is 134 Å². The number of allylic oxidation sites excluding steroid dienone is 1. The SMILES string of the molecule is CCOC(=O)C1=C(C)NC(=S)N[C@H]1c1ccccc1OCC(=O)NN=Cc1ccc(OCC#N)cc1. The first kappa shape index (κ1) is 26.2. The van der Waals surface area contributed by atoms with Crippen LogP contribution in [0.2, 0.25) is 0 Å². The van der Waals surface area contributed by atoms with Crippen LogP contribution >= 0.6 is 12.2 Å². The van der Waals surface area contributed by atoms with Crippen molar-refractivity contribution in [3.8, 4) is 17.6 Å². The van der Waals surface area contributed by atoms with Crippen molar-refractivity contribution in [3.63, 3.8) is 0 Å². The number of thiocarbonyl (C=S) groups is 1. The molecule has 0 saturated heterocycles. The number of para-hydroxylation sites is 1. The molecule has 10 nitrogen and oxygen atoms in total. The molecule has 1 aliphatic heterocycles. The molecule has 3 rings (SSSR count). The molecule has 11 heteroatoms. The van der Waals surface area contributed by atoms with Crippen molar-refractivity contribution in [3.05, 3.63) is 70.9 Å². The summed E-state index contributed by atoms with van der Waals surface area (Å²) in [6.45, 7) is 3.36. The summed E-state index contributed by atoms with van der Waals surface area (Å²) in [5.74, 6) is 0.0153. The first-order chi connectivity index (χ1) is 17.4. The quantitative estimate of drug-likeness (QED) is 0.192. The third-order valence-corrected chi connectivity index (χ3v) is 5.16. The van der Waals surface area contributed by atoms with E-state index in [1.54, 1.807) is 62.4 Å². The second-order valence-corrected chi connectivity index (χ2v) is 7.83. The molecule has 3 N–H and O–H groups in total. The van der Waals surface area contributed by atoms with Gasteiger partial charge in [-0.05, 0) is 62.0 Å². The fraction of sp³-hybridized carbons (Fsp3) is 0.240. The number of esters is 1. The Bertz CT molecular complexity index is 1220. The number of hydrogen-bond donors (Lipinski definition) is 3. The molecule has 186 valence electrons. The Labute approximate surface area is 213 Å². The van der Waals surface area contributed by atoms with E-state index in [4.69, 9.17) is 31.7 Å². The van der Waals surface area contributed by atoms with Crippen molar-refractivity contribution in [1.29, 1.82) is 5.26 Å². The van der Waals surface area contributed by atoms with Gasteiger partial charge < -0.3 is 24.8 Å². The van der Waals surface area contributed by atoms with Crippen LogP contribution in [0.3, 0.4) is 0 Å². The Morgan fingerprint density at radius 1 is 1.19 bits per heavy atom. The van der Waals surface area contributed by atoms with E-state index in [9.17, 15) is 9.59 Å². The molecule has 0 saturated carbocycles. The van der Waals surface area contributed by atoms with E-state index in [1.165, 1.54) is 6.21 Å². The third kappa shape index (κ3) is 7.04. The zero-order valence-corrected chi connectivity index (χ0v) is 20.6. The van der Waals surface area contributed by atoms with Gasteiger partial charge in [-0.2, -0.15) is 10.4 Å². The van der Waals surface area contributed by atoms with Crippen LogP contribution in [0.1, 0.15) is 31.0 Å². The summed E-state index contributed by atoms with van der Waals surface area (Å²) in [7, 11) is 0. The Balaban J connectivity index is 1.65. The number of hydrazone groups is 1. The number of nitriles is 1. The van der Waals surface area contributed by atoms with Crippen molar-refractivity contribution in [1.82, 2.24) is 16.1 Å². The van der Waals surface area contributed by atoms with E-state index >= 15 is 0 Å². The summed E-state index contributed by atoms with van der Waals surface area (Å²) in [4.78, 5) is 24.9. The minimum atomic E-state index is -0.616. The average molecular weight is 508 g/mol. The maximum absolute atomic E-state index is 12.6. The lowest BCUT2D eigenvalue weighted by Crippen LogP contribution is -2.45. The zero-order chi connectivity index (χ0) is 25.9. The minimum Gasteiger partial charge on any atom is -0.483 e. The van der Waals surface area contributed by atoms with E-state index < -0.39 is 17.9 Å². The number of nitrogens with zero attached hydrogens (tertiary/aromatic N) is 2. The molecule has 2 aromatic rings. The maximum Gasteiger partial charge on any atom is 0.338 e. The van der Waals surface area contributed by atoms with Crippen LogP contribution < -0.4 is 25.5 Å². The highest BCUT2D eigenvalue weighted by Crippen LogP contribution is 2.33. The van der Waals surface area contributed by atoms with Crippen molar-refractivity contribution < 1.29 is 23.8 Å². The van der Waals surface area contributed by atoms with Crippen LogP contribution in [-0.2, 0) is 14.3 Å². The Hall–Kier alpha value is -4.43. The third-order valence-electron chi connectivity index (χ3n) is 4.94. The molecule has 0 unspecified atom stereocenters. The van der Waals surface area contributed by atoms with Crippen LogP contribution in [0.25, 0.3) is 0 Å². The summed E-state index contributed by atoms with van der Waals surface area (Å²) in [5.41, 5.74) is 4.71. The molecule has 1 aliphatic rings. The molecular weight excluding hydrogens is 482 g/mol. The molecule has 36 heavy (non-hydrogen) atoms. The van der Waals surface area contributed by atoms with Gasteiger partial charge >= 0.3 is 5.97 Å². The highest BCUT2D eigenvalue weighted by molar-refractivity contribution is 7.80. The van der Waals surface area contributed by atoms with E-state index in [0.717, 1.165) is 5.56 Å². The lowest BCUT2D eigenvalue weighted by Gasteiger charge is -2.30. The lowest BCUT2D eigenvalue weighted by atomic mass is 9.95. The number of carbonyl (C=O) groups is 2. The fourth-order valence-corrected chi connectivity index (χ4v) is 3.65. The van der Waals surface area contributed by atoms with E-state index in [0.29, 0.717) is 33.4 Å². The monoisotopic (exact) mass is 507 g/mol. The van der Waals surface area contributed by atoms with Crippen LogP contribution in [0.15, 0.2) is 64.9 Å². The highest BCUT2D eigenvalue weighted by atomic mass is 32.1. The molecule has 0 bridgehead atoms. The summed E-state index contributed by atoms with van der Waals surface area (Å²) >= 11 is 5.28. The number of hydrogen-bond acceptors (Lipinski definition) is 8. The predicted octanol–water partition coefficient (Wildman–Crippen LogP) is 2.47. The second kappa shape index (κ2) is 12.9. The van der Waals surface area contributed by atoms with Crippen LogP contribution in [0, 0.1) is 11.3 Å². The van der Waals surface area contributed by atoms with Crippen molar-refractivity contribution in [2.45, 2.75) is 19.9 Å². The van der Waals surface area contributed by atoms with Gasteiger partial charge in [0, 0.05) is 11.3 Å². The second-order valence-electron chi connectivity index (χ2n) is 7.43.